The number of benzene rings is 1. The Hall–Kier alpha value is -2.93. The second-order valence-corrected chi connectivity index (χ2v) is 5.83. The number of hydrogen-bond acceptors (Lipinski definition) is 6. The fourth-order valence-electron chi connectivity index (χ4n) is 2.70. The van der Waals surface area contributed by atoms with E-state index < -0.39 is 0 Å². The van der Waals surface area contributed by atoms with Crippen LogP contribution in [0.1, 0.15) is 5.69 Å². The zero-order valence-corrected chi connectivity index (χ0v) is 14.6. The Morgan fingerprint density at radius 3 is 2.56 bits per heavy atom. The van der Waals surface area contributed by atoms with Gasteiger partial charge >= 0.3 is 0 Å². The van der Waals surface area contributed by atoms with Crippen LogP contribution in [0.5, 0.6) is 11.6 Å². The van der Waals surface area contributed by atoms with Crippen LogP contribution in [-0.2, 0) is 0 Å². The highest BCUT2D eigenvalue weighted by Crippen LogP contribution is 2.33. The predicted octanol–water partition coefficient (Wildman–Crippen LogP) is 3.32. The molecule has 0 aliphatic heterocycles. The van der Waals surface area contributed by atoms with Gasteiger partial charge < -0.3 is 9.47 Å². The first-order chi connectivity index (χ1) is 12.1. The Bertz CT molecular complexity index is 1110. The van der Waals surface area contributed by atoms with E-state index >= 15 is 0 Å². The summed E-state index contributed by atoms with van der Waals surface area (Å²) in [5.74, 6) is 1.79. The van der Waals surface area contributed by atoms with Crippen molar-refractivity contribution in [2.45, 2.75) is 6.92 Å². The number of hydrogen-bond donors (Lipinski definition) is 0. The van der Waals surface area contributed by atoms with Gasteiger partial charge in [0.15, 0.2) is 11.3 Å². The topological polar surface area (TPSA) is 74.4 Å². The van der Waals surface area contributed by atoms with Crippen molar-refractivity contribution in [1.29, 1.82) is 0 Å². The van der Waals surface area contributed by atoms with Gasteiger partial charge in [-0.1, -0.05) is 11.6 Å². The van der Waals surface area contributed by atoms with Gasteiger partial charge in [-0.25, -0.2) is 4.98 Å². The summed E-state index contributed by atoms with van der Waals surface area (Å²) >= 11 is 6.42. The quantitative estimate of drug-likeness (QED) is 0.561. The molecule has 1 aromatic carbocycles. The number of rotatable bonds is 3. The summed E-state index contributed by atoms with van der Waals surface area (Å²) in [6.07, 6.45) is 0. The highest BCUT2D eigenvalue weighted by atomic mass is 35.5. The number of pyridine rings is 1. The number of aryl methyl sites for hydroxylation is 1. The Balaban J connectivity index is 2.12. The number of halogens is 1. The smallest absolute Gasteiger partial charge is 0.215 e. The van der Waals surface area contributed by atoms with Crippen molar-refractivity contribution in [1.82, 2.24) is 24.6 Å². The van der Waals surface area contributed by atoms with Gasteiger partial charge in [0.25, 0.3) is 0 Å². The first-order valence-electron chi connectivity index (χ1n) is 7.52. The fourth-order valence-corrected chi connectivity index (χ4v) is 2.91. The van der Waals surface area contributed by atoms with Gasteiger partial charge in [-0.05, 0) is 31.2 Å². The van der Waals surface area contributed by atoms with Crippen molar-refractivity contribution in [3.05, 3.63) is 41.0 Å². The first-order valence-corrected chi connectivity index (χ1v) is 7.90. The van der Waals surface area contributed by atoms with Crippen molar-refractivity contribution in [3.8, 4) is 23.0 Å². The van der Waals surface area contributed by atoms with E-state index in [1.54, 1.807) is 38.5 Å². The van der Waals surface area contributed by atoms with Crippen molar-refractivity contribution in [2.24, 2.45) is 0 Å². The number of imidazole rings is 1. The largest absolute Gasteiger partial charge is 0.497 e. The Morgan fingerprint density at radius 1 is 0.960 bits per heavy atom. The molecule has 126 valence electrons. The summed E-state index contributed by atoms with van der Waals surface area (Å²) in [7, 11) is 3.17. The van der Waals surface area contributed by atoms with Crippen LogP contribution in [0.2, 0.25) is 5.02 Å². The summed E-state index contributed by atoms with van der Waals surface area (Å²) in [4.78, 5) is 9.16. The Kier molecular flexibility index (Phi) is 3.65. The first kappa shape index (κ1) is 15.6. The van der Waals surface area contributed by atoms with Crippen LogP contribution in [0.25, 0.3) is 28.2 Å². The minimum atomic E-state index is 0.482. The van der Waals surface area contributed by atoms with Crippen LogP contribution >= 0.6 is 11.6 Å². The molecule has 0 amide bonds. The van der Waals surface area contributed by atoms with Gasteiger partial charge in [-0.3, -0.25) is 4.40 Å². The Labute approximate surface area is 148 Å². The average Bonchev–Trinajstić information content (AvgIpc) is 2.98. The average molecular weight is 356 g/mol. The molecule has 0 aliphatic carbocycles. The maximum Gasteiger partial charge on any atom is 0.215 e. The lowest BCUT2D eigenvalue weighted by Crippen LogP contribution is -2.01. The summed E-state index contributed by atoms with van der Waals surface area (Å²) in [6, 6.07) is 8.96. The van der Waals surface area contributed by atoms with E-state index in [9.17, 15) is 0 Å². The Morgan fingerprint density at radius 2 is 1.80 bits per heavy atom. The third kappa shape index (κ3) is 2.44. The molecule has 4 aromatic rings. The molecule has 7 nitrogen and oxygen atoms in total. The van der Waals surface area contributed by atoms with Gasteiger partial charge in [-0.15, -0.1) is 10.2 Å². The van der Waals surface area contributed by atoms with E-state index in [-0.39, 0.29) is 0 Å². The van der Waals surface area contributed by atoms with Gasteiger partial charge in [0, 0.05) is 11.6 Å². The number of methoxy groups -OCH3 is 2. The second kappa shape index (κ2) is 5.86. The molecule has 0 bridgehead atoms. The molecule has 0 fully saturated rings. The highest BCUT2D eigenvalue weighted by molar-refractivity contribution is 6.33. The molecule has 25 heavy (non-hydrogen) atoms. The lowest BCUT2D eigenvalue weighted by Gasteiger charge is -2.08. The molecule has 0 N–H and O–H groups in total. The fraction of sp³-hybridized carbons (Fsp3) is 0.176. The number of ether oxygens (including phenoxy) is 2. The van der Waals surface area contributed by atoms with Gasteiger partial charge in [0.05, 0.1) is 24.9 Å². The third-order valence-corrected chi connectivity index (χ3v) is 4.27. The summed E-state index contributed by atoms with van der Waals surface area (Å²) in [5.41, 5.74) is 3.29. The van der Waals surface area contributed by atoms with Crippen LogP contribution < -0.4 is 9.47 Å². The van der Waals surface area contributed by atoms with Gasteiger partial charge in [0.2, 0.25) is 5.88 Å². The van der Waals surface area contributed by atoms with E-state index in [1.807, 2.05) is 17.4 Å². The standard InChI is InChI=1S/C17H14ClN5O2/c1-9-15-22-21-13-6-7-14(25-3)20-17(13)23(15)16(19-9)11-8-10(24-2)4-5-12(11)18/h4-8H,1-3H3. The molecule has 3 aromatic heterocycles. The molecular weight excluding hydrogens is 342 g/mol. The zero-order chi connectivity index (χ0) is 17.6. The molecular formula is C17H14ClN5O2. The molecule has 0 spiro atoms. The molecule has 0 saturated heterocycles. The zero-order valence-electron chi connectivity index (χ0n) is 13.8. The molecule has 0 unspecified atom stereocenters. The van der Waals surface area contributed by atoms with E-state index in [0.29, 0.717) is 39.3 Å². The molecule has 0 saturated carbocycles. The van der Waals surface area contributed by atoms with Gasteiger partial charge in [-0.2, -0.15) is 4.98 Å². The monoisotopic (exact) mass is 355 g/mol. The minimum absolute atomic E-state index is 0.482. The van der Waals surface area contributed by atoms with E-state index in [1.165, 1.54) is 0 Å². The van der Waals surface area contributed by atoms with Crippen LogP contribution in [0.15, 0.2) is 30.3 Å². The molecule has 0 aliphatic rings. The van der Waals surface area contributed by atoms with E-state index in [0.717, 1.165) is 11.3 Å². The van der Waals surface area contributed by atoms with Crippen molar-refractivity contribution in [3.63, 3.8) is 0 Å². The minimum Gasteiger partial charge on any atom is -0.497 e. The van der Waals surface area contributed by atoms with E-state index in [2.05, 4.69) is 20.2 Å². The van der Waals surface area contributed by atoms with E-state index in [4.69, 9.17) is 21.1 Å². The number of aromatic nitrogens is 5. The predicted molar refractivity (Wildman–Crippen MR) is 94.4 cm³/mol. The lowest BCUT2D eigenvalue weighted by molar-refractivity contribution is 0.399. The molecule has 3 heterocycles. The number of nitrogens with zero attached hydrogens (tertiary/aromatic N) is 5. The van der Waals surface area contributed by atoms with Crippen molar-refractivity contribution in [2.75, 3.05) is 14.2 Å². The molecule has 4 rings (SSSR count). The maximum absolute atomic E-state index is 6.42. The molecule has 8 heteroatoms. The summed E-state index contributed by atoms with van der Waals surface area (Å²) < 4.78 is 12.4. The van der Waals surface area contributed by atoms with Crippen molar-refractivity contribution < 1.29 is 9.47 Å². The van der Waals surface area contributed by atoms with Crippen LogP contribution in [-0.4, -0.2) is 38.8 Å². The molecule has 0 atom stereocenters. The van der Waals surface area contributed by atoms with Gasteiger partial charge in [0.1, 0.15) is 17.1 Å². The maximum atomic E-state index is 6.42. The SMILES string of the molecule is COc1ccc(Cl)c(-c2nc(C)c3nnc4ccc(OC)nc4n23)c1. The molecule has 0 radical (unpaired) electrons. The number of fused-ring (bicyclic) bond motifs is 3. The lowest BCUT2D eigenvalue weighted by atomic mass is 10.2. The second-order valence-electron chi connectivity index (χ2n) is 5.42. The summed E-state index contributed by atoms with van der Waals surface area (Å²) in [5, 5.41) is 9.06. The van der Waals surface area contributed by atoms with Crippen molar-refractivity contribution >= 4 is 28.4 Å². The van der Waals surface area contributed by atoms with Crippen LogP contribution in [0.3, 0.4) is 0 Å². The van der Waals surface area contributed by atoms with Crippen LogP contribution in [0.4, 0.5) is 0 Å². The highest BCUT2D eigenvalue weighted by Gasteiger charge is 2.18. The summed E-state index contributed by atoms with van der Waals surface area (Å²) in [6.45, 7) is 1.87. The third-order valence-electron chi connectivity index (χ3n) is 3.94. The normalized spacial score (nSPS) is 11.2. The van der Waals surface area contributed by atoms with Crippen LogP contribution in [0, 0.1) is 6.92 Å².